The van der Waals surface area contributed by atoms with Gasteiger partial charge in [0.25, 0.3) is 0 Å². The molecule has 0 fully saturated rings. The third kappa shape index (κ3) is 3.10. The number of H-pyrrole nitrogens is 1. The zero-order valence-corrected chi connectivity index (χ0v) is 14.1. The number of nitrogens with one attached hydrogen (secondary N) is 1. The minimum Gasteiger partial charge on any atom is -0.545 e. The highest BCUT2D eigenvalue weighted by Crippen LogP contribution is 2.21. The number of rotatable bonds is 4. The van der Waals surface area contributed by atoms with Crippen LogP contribution in [0.5, 0.6) is 0 Å². The van der Waals surface area contributed by atoms with Crippen LogP contribution in [0.15, 0.2) is 66.9 Å². The Kier molecular flexibility index (Phi) is 4.03. The van der Waals surface area contributed by atoms with Crippen molar-refractivity contribution in [2.75, 3.05) is 0 Å². The summed E-state index contributed by atoms with van der Waals surface area (Å²) in [6.45, 7) is 0. The summed E-state index contributed by atoms with van der Waals surface area (Å²) in [6.07, 6.45) is 3.51. The number of carbonyl (C=O) groups excluding carboxylic acids is 1. The van der Waals surface area contributed by atoms with Crippen molar-refractivity contribution in [2.45, 2.75) is 0 Å². The number of aromatic nitrogens is 3. The van der Waals surface area contributed by atoms with E-state index < -0.39 is 5.97 Å². The molecule has 0 spiro atoms. The van der Waals surface area contributed by atoms with E-state index in [0.29, 0.717) is 17.1 Å². The van der Waals surface area contributed by atoms with E-state index in [4.69, 9.17) is 0 Å². The number of imidazole rings is 1. The Morgan fingerprint density at radius 1 is 1.15 bits per heavy atom. The number of hydrogen-bond donors (Lipinski definition) is 1. The van der Waals surface area contributed by atoms with E-state index in [9.17, 15) is 15.2 Å². The molecule has 0 unspecified atom stereocenters. The first-order chi connectivity index (χ1) is 13.2. The van der Waals surface area contributed by atoms with Crippen molar-refractivity contribution in [2.24, 2.45) is 0 Å². The van der Waals surface area contributed by atoms with Gasteiger partial charge in [-0.05, 0) is 48.0 Å². The number of aromatic carboxylic acids is 1. The summed E-state index contributed by atoms with van der Waals surface area (Å²) in [4.78, 5) is 18.7. The van der Waals surface area contributed by atoms with Gasteiger partial charge in [-0.1, -0.05) is 24.3 Å². The van der Waals surface area contributed by atoms with E-state index in [1.165, 1.54) is 12.1 Å². The average Bonchev–Trinajstić information content (AvgIpc) is 3.32. The van der Waals surface area contributed by atoms with Crippen LogP contribution in [0.3, 0.4) is 0 Å². The van der Waals surface area contributed by atoms with Gasteiger partial charge in [0, 0.05) is 17.6 Å². The third-order valence-electron chi connectivity index (χ3n) is 4.20. The number of carboxylic acid groups (broad SMARTS) is 1. The lowest BCUT2D eigenvalue weighted by atomic mass is 10.2. The summed E-state index contributed by atoms with van der Waals surface area (Å²) in [7, 11) is 0. The Morgan fingerprint density at radius 2 is 2.00 bits per heavy atom. The molecule has 0 radical (unpaired) electrons. The van der Waals surface area contributed by atoms with Gasteiger partial charge < -0.3 is 19.5 Å². The van der Waals surface area contributed by atoms with Crippen LogP contribution >= 0.6 is 0 Å². The van der Waals surface area contributed by atoms with Gasteiger partial charge in [0.1, 0.15) is 11.9 Å². The predicted molar refractivity (Wildman–Crippen MR) is 99.7 cm³/mol. The number of hydrogen-bond acceptors (Lipinski definition) is 4. The van der Waals surface area contributed by atoms with Crippen LogP contribution in [0.1, 0.15) is 21.9 Å². The predicted octanol–water partition coefficient (Wildman–Crippen LogP) is 2.78. The number of nitrogens with zero attached hydrogens (tertiary/aromatic N) is 3. The van der Waals surface area contributed by atoms with E-state index in [2.05, 4.69) is 16.0 Å². The Morgan fingerprint density at radius 3 is 2.78 bits per heavy atom. The van der Waals surface area contributed by atoms with E-state index in [-0.39, 0.29) is 5.56 Å². The number of para-hydroxylation sites is 2. The van der Waals surface area contributed by atoms with Crippen molar-refractivity contribution in [1.82, 2.24) is 14.5 Å². The Labute approximate surface area is 154 Å². The van der Waals surface area contributed by atoms with Crippen molar-refractivity contribution in [3.05, 3.63) is 83.9 Å². The molecule has 0 saturated heterocycles. The number of benzene rings is 2. The molecule has 0 saturated carbocycles. The molecule has 0 aliphatic carbocycles. The first-order valence-electron chi connectivity index (χ1n) is 8.22. The second-order valence-electron chi connectivity index (χ2n) is 5.91. The van der Waals surface area contributed by atoms with Gasteiger partial charge >= 0.3 is 0 Å². The molecule has 27 heavy (non-hydrogen) atoms. The maximum atomic E-state index is 11.1. The van der Waals surface area contributed by atoms with Crippen molar-refractivity contribution >= 4 is 28.7 Å². The monoisotopic (exact) mass is 353 g/mol. The largest absolute Gasteiger partial charge is 0.545 e. The molecule has 2 aromatic heterocycles. The average molecular weight is 353 g/mol. The van der Waals surface area contributed by atoms with Gasteiger partial charge in [-0.3, -0.25) is 0 Å². The lowest BCUT2D eigenvalue weighted by Gasteiger charge is -2.09. The highest BCUT2D eigenvalue weighted by molar-refractivity contribution is 5.90. The Balaban J connectivity index is 1.78. The molecule has 1 N–H and O–H groups in total. The maximum absolute atomic E-state index is 11.1. The van der Waals surface area contributed by atoms with Crippen LogP contribution in [0.4, 0.5) is 0 Å². The van der Waals surface area contributed by atoms with Crippen LogP contribution in [-0.4, -0.2) is 20.5 Å². The molecule has 0 aliphatic rings. The van der Waals surface area contributed by atoms with Crippen LogP contribution in [-0.2, 0) is 0 Å². The first kappa shape index (κ1) is 16.4. The maximum Gasteiger partial charge on any atom is 0.149 e. The summed E-state index contributed by atoms with van der Waals surface area (Å²) in [5, 5.41) is 20.7. The number of carbonyl (C=O) groups is 1. The molecule has 130 valence electrons. The van der Waals surface area contributed by atoms with E-state index in [1.807, 2.05) is 36.4 Å². The van der Waals surface area contributed by atoms with Gasteiger partial charge in [0.15, 0.2) is 0 Å². The number of fused-ring (bicyclic) bond motifs is 1. The molecule has 0 amide bonds. The topological polar surface area (TPSA) is 97.5 Å². The van der Waals surface area contributed by atoms with Crippen LogP contribution in [0.2, 0.25) is 0 Å². The fraction of sp³-hybridized carbons (Fsp3) is 0. The zero-order valence-electron chi connectivity index (χ0n) is 14.1. The number of aromatic amines is 1. The van der Waals surface area contributed by atoms with Crippen LogP contribution < -0.4 is 5.11 Å². The number of allylic oxidation sites excluding steroid dienone is 1. The van der Waals surface area contributed by atoms with E-state index in [1.54, 1.807) is 29.0 Å². The van der Waals surface area contributed by atoms with E-state index in [0.717, 1.165) is 16.7 Å². The summed E-state index contributed by atoms with van der Waals surface area (Å²) in [6, 6.07) is 19.8. The molecule has 4 rings (SSSR count). The molecule has 4 aromatic rings. The quantitative estimate of drug-likeness (QED) is 0.570. The highest BCUT2D eigenvalue weighted by atomic mass is 16.4. The molecular weight excluding hydrogens is 340 g/mol. The zero-order chi connectivity index (χ0) is 18.8. The molecule has 6 nitrogen and oxygen atoms in total. The van der Waals surface area contributed by atoms with Gasteiger partial charge in [-0.25, -0.2) is 4.98 Å². The standard InChI is InChI=1S/C21H14N4O2/c22-13-15(20-23-18-8-1-2-9-19(18)24-20)12-17-7-4-10-25(17)16-6-3-5-14(11-16)21(26)27/h1-12H,(H,23,24)(H,26,27)/p-1/b15-12-. The SMILES string of the molecule is N#C/C(=C/c1cccn1-c1cccc(C(=O)[O-])c1)c1nc2ccccc2[nH]1. The lowest BCUT2D eigenvalue weighted by molar-refractivity contribution is -0.255. The first-order valence-corrected chi connectivity index (χ1v) is 8.22. The Hall–Kier alpha value is -4.11. The van der Waals surface area contributed by atoms with Gasteiger partial charge in [-0.2, -0.15) is 5.26 Å². The fourth-order valence-corrected chi connectivity index (χ4v) is 2.91. The molecule has 0 atom stereocenters. The van der Waals surface area contributed by atoms with Gasteiger partial charge in [-0.15, -0.1) is 0 Å². The smallest absolute Gasteiger partial charge is 0.149 e. The molecule has 6 heteroatoms. The molecular formula is C21H13N4O2-. The number of carboxylic acids is 1. The molecule has 2 aromatic carbocycles. The third-order valence-corrected chi connectivity index (χ3v) is 4.20. The highest BCUT2D eigenvalue weighted by Gasteiger charge is 2.10. The Bertz CT molecular complexity index is 1190. The second kappa shape index (κ2) is 6.65. The minimum atomic E-state index is -1.24. The molecule has 0 bridgehead atoms. The minimum absolute atomic E-state index is 0.0916. The fourth-order valence-electron chi connectivity index (χ4n) is 2.91. The van der Waals surface area contributed by atoms with Crippen molar-refractivity contribution in [3.63, 3.8) is 0 Å². The molecule has 0 aliphatic heterocycles. The van der Waals surface area contributed by atoms with Gasteiger partial charge in [0.05, 0.1) is 22.6 Å². The van der Waals surface area contributed by atoms with Crippen molar-refractivity contribution in [1.29, 1.82) is 5.26 Å². The lowest BCUT2D eigenvalue weighted by Crippen LogP contribution is -2.22. The van der Waals surface area contributed by atoms with Crippen LogP contribution in [0.25, 0.3) is 28.4 Å². The summed E-state index contributed by atoms with van der Waals surface area (Å²) >= 11 is 0. The van der Waals surface area contributed by atoms with Crippen LogP contribution in [0, 0.1) is 11.3 Å². The summed E-state index contributed by atoms with van der Waals surface area (Å²) in [5.74, 6) is -0.754. The van der Waals surface area contributed by atoms with Crippen molar-refractivity contribution < 1.29 is 9.90 Å². The number of nitriles is 1. The van der Waals surface area contributed by atoms with Gasteiger partial charge in [0.2, 0.25) is 0 Å². The van der Waals surface area contributed by atoms with Crippen molar-refractivity contribution in [3.8, 4) is 11.8 Å². The van der Waals surface area contributed by atoms with E-state index >= 15 is 0 Å². The summed E-state index contributed by atoms with van der Waals surface area (Å²) in [5.41, 5.74) is 3.49. The second-order valence-corrected chi connectivity index (χ2v) is 5.91. The normalized spacial score (nSPS) is 11.4. The summed E-state index contributed by atoms with van der Waals surface area (Å²) < 4.78 is 1.80. The molecule has 2 heterocycles.